The lowest BCUT2D eigenvalue weighted by Crippen LogP contribution is -2.02. The zero-order valence-electron chi connectivity index (χ0n) is 11.2. The van der Waals surface area contributed by atoms with Crippen molar-refractivity contribution in [2.24, 2.45) is 0 Å². The van der Waals surface area contributed by atoms with Crippen LogP contribution in [0.15, 0.2) is 60.9 Å². The lowest BCUT2D eigenvalue weighted by Gasteiger charge is -2.05. The van der Waals surface area contributed by atoms with Gasteiger partial charge in [0.1, 0.15) is 11.6 Å². The van der Waals surface area contributed by atoms with Crippen LogP contribution in [-0.4, -0.2) is 15.2 Å². The number of pyridine rings is 1. The highest BCUT2D eigenvalue weighted by molar-refractivity contribution is 5.59. The third-order valence-electron chi connectivity index (χ3n) is 3.00. The predicted octanol–water partition coefficient (Wildman–Crippen LogP) is 3.29. The molecule has 0 saturated carbocycles. The van der Waals surface area contributed by atoms with Gasteiger partial charge in [-0.25, -0.2) is 4.39 Å². The van der Waals surface area contributed by atoms with Gasteiger partial charge < -0.3 is 5.32 Å². The average molecular weight is 280 g/mol. The van der Waals surface area contributed by atoms with E-state index in [1.165, 1.54) is 12.1 Å². The van der Waals surface area contributed by atoms with Crippen molar-refractivity contribution in [3.05, 3.63) is 72.3 Å². The second-order valence-corrected chi connectivity index (χ2v) is 4.53. The predicted molar refractivity (Wildman–Crippen MR) is 79.0 cm³/mol. The molecule has 0 unspecified atom stereocenters. The average Bonchev–Trinajstić information content (AvgIpc) is 2.55. The van der Waals surface area contributed by atoms with Crippen molar-refractivity contribution in [2.45, 2.75) is 6.54 Å². The first-order chi connectivity index (χ1) is 10.3. The summed E-state index contributed by atoms with van der Waals surface area (Å²) in [4.78, 5) is 4.05. The number of hydrogen-bond donors (Lipinski definition) is 1. The van der Waals surface area contributed by atoms with E-state index in [2.05, 4.69) is 20.5 Å². The van der Waals surface area contributed by atoms with Gasteiger partial charge in [0, 0.05) is 24.5 Å². The zero-order valence-corrected chi connectivity index (χ0v) is 11.2. The topological polar surface area (TPSA) is 50.7 Å². The fourth-order valence-corrected chi connectivity index (χ4v) is 1.90. The standard InChI is InChI=1S/C16H13FN4/c17-14-5-3-13(4-6-14)15-7-8-16(21-20-15)19-11-12-2-1-9-18-10-12/h1-10H,11H2,(H,19,21). The van der Waals surface area contributed by atoms with E-state index in [1.54, 1.807) is 24.5 Å². The largest absolute Gasteiger partial charge is 0.364 e. The monoisotopic (exact) mass is 280 g/mol. The van der Waals surface area contributed by atoms with Crippen LogP contribution in [0.1, 0.15) is 5.56 Å². The number of nitrogens with zero attached hydrogens (tertiary/aromatic N) is 3. The second kappa shape index (κ2) is 6.09. The number of halogens is 1. The van der Waals surface area contributed by atoms with E-state index in [-0.39, 0.29) is 5.82 Å². The fraction of sp³-hybridized carbons (Fsp3) is 0.0625. The first-order valence-electron chi connectivity index (χ1n) is 6.54. The highest BCUT2D eigenvalue weighted by atomic mass is 19.1. The molecule has 0 atom stereocenters. The molecule has 3 aromatic rings. The molecule has 2 heterocycles. The van der Waals surface area contributed by atoms with E-state index in [0.29, 0.717) is 18.1 Å². The van der Waals surface area contributed by atoms with Gasteiger partial charge in [-0.15, -0.1) is 10.2 Å². The van der Waals surface area contributed by atoms with E-state index < -0.39 is 0 Å². The van der Waals surface area contributed by atoms with Gasteiger partial charge in [-0.05, 0) is 48.0 Å². The Balaban J connectivity index is 1.68. The maximum Gasteiger partial charge on any atom is 0.148 e. The van der Waals surface area contributed by atoms with E-state index in [0.717, 1.165) is 11.1 Å². The van der Waals surface area contributed by atoms with Crippen LogP contribution < -0.4 is 5.32 Å². The summed E-state index contributed by atoms with van der Waals surface area (Å²) in [6, 6.07) is 13.8. The van der Waals surface area contributed by atoms with Crippen LogP contribution in [0, 0.1) is 5.82 Å². The molecule has 1 aromatic carbocycles. The Morgan fingerprint density at radius 1 is 0.952 bits per heavy atom. The molecule has 0 bridgehead atoms. The molecule has 0 saturated heterocycles. The maximum absolute atomic E-state index is 12.9. The van der Waals surface area contributed by atoms with E-state index in [1.807, 2.05) is 24.3 Å². The molecule has 104 valence electrons. The lowest BCUT2D eigenvalue weighted by atomic mass is 10.1. The van der Waals surface area contributed by atoms with Gasteiger partial charge in [-0.3, -0.25) is 4.98 Å². The number of anilines is 1. The lowest BCUT2D eigenvalue weighted by molar-refractivity contribution is 0.628. The molecule has 0 amide bonds. The van der Waals surface area contributed by atoms with Crippen LogP contribution in [0.5, 0.6) is 0 Å². The first-order valence-corrected chi connectivity index (χ1v) is 6.54. The molecule has 5 heteroatoms. The quantitative estimate of drug-likeness (QED) is 0.796. The normalized spacial score (nSPS) is 10.3. The molecule has 0 radical (unpaired) electrons. The van der Waals surface area contributed by atoms with Crippen LogP contribution in [0.3, 0.4) is 0 Å². The summed E-state index contributed by atoms with van der Waals surface area (Å²) >= 11 is 0. The van der Waals surface area contributed by atoms with Crippen LogP contribution in [0.25, 0.3) is 11.3 Å². The van der Waals surface area contributed by atoms with Crippen molar-refractivity contribution < 1.29 is 4.39 Å². The highest BCUT2D eigenvalue weighted by Gasteiger charge is 2.01. The minimum atomic E-state index is -0.263. The van der Waals surface area contributed by atoms with Crippen molar-refractivity contribution in [3.63, 3.8) is 0 Å². The molecular weight excluding hydrogens is 267 g/mol. The molecule has 0 aliphatic heterocycles. The van der Waals surface area contributed by atoms with Crippen LogP contribution in [0.4, 0.5) is 10.2 Å². The van der Waals surface area contributed by atoms with Gasteiger partial charge in [0.2, 0.25) is 0 Å². The number of hydrogen-bond acceptors (Lipinski definition) is 4. The third-order valence-corrected chi connectivity index (χ3v) is 3.00. The van der Waals surface area contributed by atoms with E-state index in [9.17, 15) is 4.39 Å². The number of rotatable bonds is 4. The Kier molecular flexibility index (Phi) is 3.82. The fourth-order valence-electron chi connectivity index (χ4n) is 1.90. The molecular formula is C16H13FN4. The third kappa shape index (κ3) is 3.39. The highest BCUT2D eigenvalue weighted by Crippen LogP contribution is 2.17. The van der Waals surface area contributed by atoms with Gasteiger partial charge >= 0.3 is 0 Å². The van der Waals surface area contributed by atoms with Crippen LogP contribution in [-0.2, 0) is 6.54 Å². The Bertz CT molecular complexity index is 697. The van der Waals surface area contributed by atoms with Crippen LogP contribution in [0.2, 0.25) is 0 Å². The number of benzene rings is 1. The maximum atomic E-state index is 12.9. The Hall–Kier alpha value is -2.82. The zero-order chi connectivity index (χ0) is 14.5. The van der Waals surface area contributed by atoms with Crippen molar-refractivity contribution in [1.82, 2.24) is 15.2 Å². The van der Waals surface area contributed by atoms with Crippen molar-refractivity contribution >= 4 is 5.82 Å². The smallest absolute Gasteiger partial charge is 0.148 e. The molecule has 1 N–H and O–H groups in total. The summed E-state index contributed by atoms with van der Waals surface area (Å²) in [5, 5.41) is 11.4. The molecule has 3 rings (SSSR count). The molecule has 4 nitrogen and oxygen atoms in total. The second-order valence-electron chi connectivity index (χ2n) is 4.53. The molecule has 0 fully saturated rings. The Morgan fingerprint density at radius 3 is 2.48 bits per heavy atom. The number of aromatic nitrogens is 3. The SMILES string of the molecule is Fc1ccc(-c2ccc(NCc3cccnc3)nn2)cc1. The van der Waals surface area contributed by atoms with Gasteiger partial charge in [0.05, 0.1) is 5.69 Å². The van der Waals surface area contributed by atoms with Gasteiger partial charge in [-0.1, -0.05) is 6.07 Å². The Morgan fingerprint density at radius 2 is 1.81 bits per heavy atom. The minimum Gasteiger partial charge on any atom is -0.364 e. The van der Waals surface area contributed by atoms with Crippen molar-refractivity contribution in [3.8, 4) is 11.3 Å². The first kappa shape index (κ1) is 13.2. The summed E-state index contributed by atoms with van der Waals surface area (Å²) in [6.07, 6.45) is 3.54. The molecule has 21 heavy (non-hydrogen) atoms. The minimum absolute atomic E-state index is 0.263. The molecule has 0 aliphatic rings. The summed E-state index contributed by atoms with van der Waals surface area (Å²) in [5.74, 6) is 0.422. The van der Waals surface area contributed by atoms with Gasteiger partial charge in [0.25, 0.3) is 0 Å². The molecule has 0 spiro atoms. The van der Waals surface area contributed by atoms with E-state index in [4.69, 9.17) is 0 Å². The van der Waals surface area contributed by atoms with Gasteiger partial charge in [-0.2, -0.15) is 0 Å². The van der Waals surface area contributed by atoms with Crippen LogP contribution >= 0.6 is 0 Å². The summed E-state index contributed by atoms with van der Waals surface area (Å²) < 4.78 is 12.9. The van der Waals surface area contributed by atoms with Crippen molar-refractivity contribution in [1.29, 1.82) is 0 Å². The molecule has 2 aromatic heterocycles. The summed E-state index contributed by atoms with van der Waals surface area (Å²) in [5.41, 5.74) is 2.62. The van der Waals surface area contributed by atoms with Gasteiger partial charge in [0.15, 0.2) is 0 Å². The summed E-state index contributed by atoms with van der Waals surface area (Å²) in [6.45, 7) is 0.637. The Labute approximate surface area is 121 Å². The summed E-state index contributed by atoms with van der Waals surface area (Å²) in [7, 11) is 0. The molecule has 0 aliphatic carbocycles. The number of nitrogens with one attached hydrogen (secondary N) is 1. The van der Waals surface area contributed by atoms with E-state index >= 15 is 0 Å². The van der Waals surface area contributed by atoms with Crippen molar-refractivity contribution in [2.75, 3.05) is 5.32 Å².